The van der Waals surface area contributed by atoms with Gasteiger partial charge in [0, 0.05) is 0 Å². The van der Waals surface area contributed by atoms with Gasteiger partial charge in [-0.2, -0.15) is 0 Å². The van der Waals surface area contributed by atoms with Crippen LogP contribution in [0.3, 0.4) is 0 Å². The number of allylic oxidation sites excluding steroid dienone is 2. The van der Waals surface area contributed by atoms with E-state index in [-0.39, 0.29) is 7.25 Å². The van der Waals surface area contributed by atoms with Crippen LogP contribution in [-0.4, -0.2) is 5.92 Å². The van der Waals surface area contributed by atoms with Crippen molar-refractivity contribution in [3.05, 3.63) is 127 Å². The Morgan fingerprint density at radius 2 is 0.817 bits per heavy atom. The van der Waals surface area contributed by atoms with E-state index >= 15 is 0 Å². The van der Waals surface area contributed by atoms with Crippen molar-refractivity contribution < 1.29 is 15.6 Å². The number of halogens is 2. The van der Waals surface area contributed by atoms with Crippen LogP contribution in [0.4, 0.5) is 0 Å². The van der Waals surface area contributed by atoms with Crippen molar-refractivity contribution in [3.8, 4) is 22.3 Å². The van der Waals surface area contributed by atoms with Crippen LogP contribution in [0.5, 0.6) is 0 Å². The summed E-state index contributed by atoms with van der Waals surface area (Å²) < 4.78 is 0.137. The molecule has 60 heavy (non-hydrogen) atoms. The van der Waals surface area contributed by atoms with Gasteiger partial charge in [0.15, 0.2) is 0 Å². The van der Waals surface area contributed by atoms with Gasteiger partial charge >= 0.3 is 379 Å². The molecule has 0 heterocycles. The van der Waals surface area contributed by atoms with E-state index in [4.69, 9.17) is 17.0 Å². The average molecular weight is 940 g/mol. The fourth-order valence-corrected chi connectivity index (χ4v) is 42.2. The van der Waals surface area contributed by atoms with E-state index in [9.17, 15) is 0 Å². The summed E-state index contributed by atoms with van der Waals surface area (Å²) in [4.78, 5) is 0. The van der Waals surface area contributed by atoms with E-state index in [2.05, 4.69) is 183 Å². The Balaban J connectivity index is 1.69. The molecule has 2 aliphatic carbocycles. The van der Waals surface area contributed by atoms with E-state index in [1.54, 1.807) is 0 Å². The molecule has 4 aromatic carbocycles. The van der Waals surface area contributed by atoms with Crippen LogP contribution >= 0.6 is 17.0 Å². The van der Waals surface area contributed by atoms with Gasteiger partial charge in [0.1, 0.15) is 0 Å². The molecule has 0 saturated carbocycles. The van der Waals surface area contributed by atoms with E-state index in [1.807, 2.05) is 0 Å². The van der Waals surface area contributed by atoms with Gasteiger partial charge in [0.05, 0.1) is 0 Å². The van der Waals surface area contributed by atoms with Crippen LogP contribution in [0.15, 0.2) is 71.8 Å². The summed E-state index contributed by atoms with van der Waals surface area (Å²) in [5, 5.41) is 0. The third kappa shape index (κ3) is 8.66. The molecule has 0 aliphatic heterocycles. The average Bonchev–Trinajstić information content (AvgIpc) is 3.74. The Bertz CT molecular complexity index is 2090. The third-order valence-corrected chi connectivity index (χ3v) is 66.1. The topological polar surface area (TPSA) is 0 Å². The number of benzene rings is 4. The standard InChI is InChI=1S/2C27H35.C2H7Si.2ClH.Zr/c2*1-8-21-9-10-22-12-20(11-17(2)3)13-26(22)27(21)25-15-23(18(4)5)14-24(16-25)19(6)7;1-3-2;;;/h2*9-10,12-19H,8,11H2,1-7H3;3H,1-2H3;2*1H;/q;;;;;+2/p-2. The molecule has 323 valence electrons. The van der Waals surface area contributed by atoms with Gasteiger partial charge < -0.3 is 0 Å². The first-order valence-electron chi connectivity index (χ1n) is 23.7. The molecule has 4 aromatic rings. The molecule has 2 unspecified atom stereocenters. The second kappa shape index (κ2) is 18.3. The molecule has 0 fully saturated rings. The van der Waals surface area contributed by atoms with Crippen LogP contribution in [0.2, 0.25) is 13.1 Å². The minimum atomic E-state index is -5.08. The molecule has 0 aromatic heterocycles. The predicted octanol–water partition coefficient (Wildman–Crippen LogP) is 18.3. The second-order valence-electron chi connectivity index (χ2n) is 21.2. The van der Waals surface area contributed by atoms with Crippen LogP contribution < -0.4 is 0 Å². The van der Waals surface area contributed by atoms with E-state index in [0.29, 0.717) is 35.5 Å². The van der Waals surface area contributed by atoms with Crippen molar-refractivity contribution in [3.63, 3.8) is 0 Å². The van der Waals surface area contributed by atoms with Crippen LogP contribution in [-0.2, 0) is 28.4 Å². The van der Waals surface area contributed by atoms with Gasteiger partial charge in [-0.05, 0) is 0 Å². The summed E-state index contributed by atoms with van der Waals surface area (Å²) in [5.41, 5.74) is 22.6. The quantitative estimate of drug-likeness (QED) is 0.104. The summed E-state index contributed by atoms with van der Waals surface area (Å²) >= 11 is -5.08. The minimum absolute atomic E-state index is 0.0685. The molecule has 0 saturated heterocycles. The molecule has 2 aliphatic rings. The number of hydrogen-bond donors (Lipinski definition) is 0. The van der Waals surface area contributed by atoms with E-state index in [1.165, 1.54) is 89.0 Å². The van der Waals surface area contributed by atoms with E-state index < -0.39 is 21.5 Å². The van der Waals surface area contributed by atoms with Crippen molar-refractivity contribution in [1.82, 2.24) is 0 Å². The number of hydrogen-bond acceptors (Lipinski definition) is 0. The predicted molar refractivity (Wildman–Crippen MR) is 270 cm³/mol. The summed E-state index contributed by atoms with van der Waals surface area (Å²) in [6, 6.07) is 24.7. The molecule has 0 amide bonds. The van der Waals surface area contributed by atoms with Crippen LogP contribution in [0, 0.1) is 11.8 Å². The Hall–Kier alpha value is -1.96. The first kappa shape index (κ1) is 47.5. The van der Waals surface area contributed by atoms with Gasteiger partial charge in [-0.15, -0.1) is 0 Å². The normalized spacial score (nSPS) is 17.4. The van der Waals surface area contributed by atoms with Gasteiger partial charge in [0.25, 0.3) is 0 Å². The maximum atomic E-state index is 9.12. The molecule has 0 spiro atoms. The van der Waals surface area contributed by atoms with Crippen molar-refractivity contribution >= 4 is 35.1 Å². The summed E-state index contributed by atoms with van der Waals surface area (Å²) in [6.45, 7) is 37.8. The van der Waals surface area contributed by atoms with Crippen molar-refractivity contribution in [1.29, 1.82) is 0 Å². The summed E-state index contributed by atoms with van der Waals surface area (Å²) in [7, 11) is 18.2. The molecule has 0 bridgehead atoms. The molecule has 4 heteroatoms. The Labute approximate surface area is 375 Å². The van der Waals surface area contributed by atoms with Crippen LogP contribution in [0.25, 0.3) is 34.4 Å². The zero-order valence-electron chi connectivity index (χ0n) is 40.2. The number of aryl methyl sites for hydroxylation is 2. The molecule has 2 atom stereocenters. The molecule has 0 nitrogen and oxygen atoms in total. The molecule has 0 radical (unpaired) electrons. The number of fused-ring (bicyclic) bond motifs is 2. The first-order valence-corrected chi connectivity index (χ1v) is 40.0. The fourth-order valence-electron chi connectivity index (χ4n) is 10.8. The van der Waals surface area contributed by atoms with Gasteiger partial charge in [-0.1, -0.05) is 0 Å². The number of rotatable bonds is 15. The van der Waals surface area contributed by atoms with Gasteiger partial charge in [-0.25, -0.2) is 0 Å². The molecular weight excluding hydrogens is 863 g/mol. The van der Waals surface area contributed by atoms with Gasteiger partial charge in [0.2, 0.25) is 0 Å². The molecule has 6 rings (SSSR count). The van der Waals surface area contributed by atoms with Crippen molar-refractivity contribution in [2.45, 2.75) is 167 Å². The first-order chi connectivity index (χ1) is 28.1. The van der Waals surface area contributed by atoms with E-state index in [0.717, 1.165) is 25.7 Å². The zero-order valence-corrected chi connectivity index (χ0v) is 45.3. The third-order valence-electron chi connectivity index (χ3n) is 14.2. The zero-order chi connectivity index (χ0) is 44.2. The molecule has 0 N–H and O–H groups in total. The maximum absolute atomic E-state index is 9.12. The Morgan fingerprint density at radius 1 is 0.500 bits per heavy atom. The monoisotopic (exact) mass is 937 g/mol. The SMILES string of the molecule is CCc1ccc2c(c1-c1cc(C(C)C)cc(C(C)C)c1)C=C(CC(C)C)[CH]2[Zr]([Cl])([Cl])([CH]1C(CC(C)C)=Cc2c1ccc(CC)c2-c1cc(C(C)C)cc(C(C)C)c1)[SiH](C)C. The summed E-state index contributed by atoms with van der Waals surface area (Å²) in [6.07, 6.45) is 9.21. The summed E-state index contributed by atoms with van der Waals surface area (Å²) in [5.74, 6) is 1.02. The molecular formula is C56H77Cl2SiZr. The van der Waals surface area contributed by atoms with Crippen LogP contribution in [0.1, 0.15) is 196 Å². The van der Waals surface area contributed by atoms with Crippen molar-refractivity contribution in [2.75, 3.05) is 0 Å². The van der Waals surface area contributed by atoms with Crippen molar-refractivity contribution in [2.24, 2.45) is 11.8 Å². The van der Waals surface area contributed by atoms with Gasteiger partial charge in [-0.3, -0.25) is 0 Å². The fraction of sp³-hybridized carbons (Fsp3) is 0.500. The Morgan fingerprint density at radius 3 is 1.07 bits per heavy atom. The Kier molecular flexibility index (Phi) is 14.5. The second-order valence-corrected chi connectivity index (χ2v) is 63.7.